The molecule has 1 unspecified atom stereocenters. The topological polar surface area (TPSA) is 80.0 Å². The summed E-state index contributed by atoms with van der Waals surface area (Å²) in [6.45, 7) is 0.186. The summed E-state index contributed by atoms with van der Waals surface area (Å²) < 4.78 is 20.6. The third kappa shape index (κ3) is 3.54. The number of nitrogens with two attached hydrogens (primary N) is 1. The molecule has 1 aromatic rings. The second kappa shape index (κ2) is 7.59. The number of carbonyl (C=O) groups excluding carboxylic acids is 1. The van der Waals surface area contributed by atoms with E-state index in [1.54, 1.807) is 33.5 Å². The van der Waals surface area contributed by atoms with Gasteiger partial charge in [-0.3, -0.25) is 4.79 Å². The van der Waals surface area contributed by atoms with Crippen molar-refractivity contribution in [3.05, 3.63) is 17.7 Å². The summed E-state index contributed by atoms with van der Waals surface area (Å²) in [6, 6.07) is 3.48. The Bertz CT molecular complexity index is 436. The zero-order valence-corrected chi connectivity index (χ0v) is 12.3. The van der Waals surface area contributed by atoms with Crippen LogP contribution in [0.25, 0.3) is 0 Å². The normalized spacial score (nSPS) is 11.7. The molecule has 0 bridgehead atoms. The van der Waals surface area contributed by atoms with Crippen LogP contribution in [0.15, 0.2) is 12.1 Å². The Kier molecular flexibility index (Phi) is 6.11. The fraction of sp³-hybridized carbons (Fsp3) is 0.500. The minimum absolute atomic E-state index is 0.186. The molecule has 0 heterocycles. The van der Waals surface area contributed by atoms with Crippen molar-refractivity contribution in [3.8, 4) is 17.2 Å². The van der Waals surface area contributed by atoms with E-state index in [-0.39, 0.29) is 12.5 Å². The molecular weight excluding hydrogens is 262 g/mol. The second-order valence-corrected chi connectivity index (χ2v) is 4.17. The van der Waals surface area contributed by atoms with E-state index < -0.39 is 5.92 Å². The fourth-order valence-electron chi connectivity index (χ4n) is 1.95. The highest BCUT2D eigenvalue weighted by Crippen LogP contribution is 2.35. The lowest BCUT2D eigenvalue weighted by molar-refractivity contribution is -0.145. The molecule has 0 aliphatic rings. The molecule has 0 aliphatic carbocycles. The number of benzene rings is 1. The molecule has 2 N–H and O–H groups in total. The minimum atomic E-state index is -0.448. The van der Waals surface area contributed by atoms with Crippen LogP contribution >= 0.6 is 0 Å². The molecule has 112 valence electrons. The monoisotopic (exact) mass is 283 g/mol. The van der Waals surface area contributed by atoms with Crippen LogP contribution in [0, 0.1) is 5.92 Å². The summed E-state index contributed by atoms with van der Waals surface area (Å²) in [5.74, 6) is 0.987. The van der Waals surface area contributed by atoms with Gasteiger partial charge in [-0.15, -0.1) is 0 Å². The van der Waals surface area contributed by atoms with Gasteiger partial charge >= 0.3 is 5.97 Å². The van der Waals surface area contributed by atoms with Gasteiger partial charge in [0, 0.05) is 24.2 Å². The molecule has 20 heavy (non-hydrogen) atoms. The van der Waals surface area contributed by atoms with Gasteiger partial charge in [0.25, 0.3) is 0 Å². The van der Waals surface area contributed by atoms with Crippen LogP contribution in [0.3, 0.4) is 0 Å². The van der Waals surface area contributed by atoms with Gasteiger partial charge in [0.15, 0.2) is 0 Å². The van der Waals surface area contributed by atoms with Crippen molar-refractivity contribution in [2.75, 3.05) is 35.0 Å². The van der Waals surface area contributed by atoms with Crippen molar-refractivity contribution in [1.82, 2.24) is 0 Å². The van der Waals surface area contributed by atoms with Gasteiger partial charge < -0.3 is 24.7 Å². The highest BCUT2D eigenvalue weighted by atomic mass is 16.5. The molecule has 0 fully saturated rings. The van der Waals surface area contributed by atoms with Crippen molar-refractivity contribution in [1.29, 1.82) is 0 Å². The van der Waals surface area contributed by atoms with Gasteiger partial charge in [-0.2, -0.15) is 0 Å². The summed E-state index contributed by atoms with van der Waals surface area (Å²) in [5.41, 5.74) is 6.39. The Morgan fingerprint density at radius 2 is 1.65 bits per heavy atom. The lowest BCUT2D eigenvalue weighted by Gasteiger charge is -2.18. The first-order valence-electron chi connectivity index (χ1n) is 6.18. The van der Waals surface area contributed by atoms with Crippen LogP contribution < -0.4 is 19.9 Å². The standard InChI is InChI=1S/C14H21NO5/c1-17-10-6-12(18-2)11(13(7-10)19-3)5-9(8-15)14(16)20-4/h6-7,9H,5,8,15H2,1-4H3. The zero-order chi connectivity index (χ0) is 15.1. The number of ether oxygens (including phenoxy) is 4. The van der Waals surface area contributed by atoms with Crippen LogP contribution in [0.2, 0.25) is 0 Å². The van der Waals surface area contributed by atoms with Crippen molar-refractivity contribution >= 4 is 5.97 Å². The average Bonchev–Trinajstić information content (AvgIpc) is 2.50. The Labute approximate surface area is 118 Å². The summed E-state index contributed by atoms with van der Waals surface area (Å²) in [7, 11) is 6.00. The molecule has 0 amide bonds. The summed E-state index contributed by atoms with van der Waals surface area (Å²) in [4.78, 5) is 11.7. The van der Waals surface area contributed by atoms with Crippen molar-refractivity contribution in [2.45, 2.75) is 6.42 Å². The van der Waals surface area contributed by atoms with E-state index in [1.165, 1.54) is 7.11 Å². The lowest BCUT2D eigenvalue weighted by atomic mass is 9.97. The van der Waals surface area contributed by atoms with Crippen LogP contribution in [-0.2, 0) is 16.0 Å². The van der Waals surface area contributed by atoms with Crippen LogP contribution in [0.1, 0.15) is 5.56 Å². The Morgan fingerprint density at radius 1 is 1.10 bits per heavy atom. The number of carbonyl (C=O) groups is 1. The van der Waals surface area contributed by atoms with E-state index in [1.807, 2.05) is 0 Å². The summed E-state index contributed by atoms with van der Waals surface area (Å²) in [6.07, 6.45) is 0.375. The largest absolute Gasteiger partial charge is 0.496 e. The van der Waals surface area contributed by atoms with Gasteiger partial charge in [0.1, 0.15) is 17.2 Å². The lowest BCUT2D eigenvalue weighted by Crippen LogP contribution is -2.27. The predicted octanol–water partition coefficient (Wildman–Crippen LogP) is 1.00. The maximum atomic E-state index is 11.7. The first kappa shape index (κ1) is 16.1. The number of esters is 1. The molecule has 0 radical (unpaired) electrons. The SMILES string of the molecule is COC(=O)C(CN)Cc1c(OC)cc(OC)cc1OC. The van der Waals surface area contributed by atoms with E-state index in [0.29, 0.717) is 23.7 Å². The summed E-state index contributed by atoms with van der Waals surface area (Å²) >= 11 is 0. The quantitative estimate of drug-likeness (QED) is 0.752. The smallest absolute Gasteiger partial charge is 0.310 e. The van der Waals surface area contributed by atoms with Crippen molar-refractivity contribution in [2.24, 2.45) is 11.7 Å². The third-order valence-corrected chi connectivity index (χ3v) is 3.09. The van der Waals surface area contributed by atoms with Gasteiger partial charge in [-0.05, 0) is 6.42 Å². The van der Waals surface area contributed by atoms with Gasteiger partial charge in [-0.25, -0.2) is 0 Å². The molecule has 0 saturated carbocycles. The molecule has 0 aliphatic heterocycles. The zero-order valence-electron chi connectivity index (χ0n) is 12.3. The Morgan fingerprint density at radius 3 is 2.00 bits per heavy atom. The Balaban J connectivity index is 3.17. The van der Waals surface area contributed by atoms with E-state index in [2.05, 4.69) is 0 Å². The number of hydrogen-bond donors (Lipinski definition) is 1. The second-order valence-electron chi connectivity index (χ2n) is 4.17. The van der Waals surface area contributed by atoms with Crippen molar-refractivity contribution in [3.63, 3.8) is 0 Å². The highest BCUT2D eigenvalue weighted by Gasteiger charge is 2.23. The van der Waals surface area contributed by atoms with E-state index in [9.17, 15) is 4.79 Å². The molecular formula is C14H21NO5. The first-order chi connectivity index (χ1) is 9.60. The van der Waals surface area contributed by atoms with Crippen LogP contribution in [0.4, 0.5) is 0 Å². The molecule has 0 aromatic heterocycles. The molecule has 6 heteroatoms. The highest BCUT2D eigenvalue weighted by molar-refractivity contribution is 5.73. The number of rotatable bonds is 7. The molecule has 6 nitrogen and oxygen atoms in total. The van der Waals surface area contributed by atoms with Crippen LogP contribution in [-0.4, -0.2) is 41.0 Å². The molecule has 0 spiro atoms. The fourth-order valence-corrected chi connectivity index (χ4v) is 1.95. The average molecular weight is 283 g/mol. The maximum Gasteiger partial charge on any atom is 0.310 e. The molecule has 0 saturated heterocycles. The van der Waals surface area contributed by atoms with E-state index in [0.717, 1.165) is 5.56 Å². The number of hydrogen-bond acceptors (Lipinski definition) is 6. The maximum absolute atomic E-state index is 11.7. The Hall–Kier alpha value is -1.95. The van der Waals surface area contributed by atoms with Gasteiger partial charge in [-0.1, -0.05) is 0 Å². The predicted molar refractivity (Wildman–Crippen MR) is 74.4 cm³/mol. The van der Waals surface area contributed by atoms with Gasteiger partial charge in [0.2, 0.25) is 0 Å². The third-order valence-electron chi connectivity index (χ3n) is 3.09. The van der Waals surface area contributed by atoms with Gasteiger partial charge in [0.05, 0.1) is 34.4 Å². The van der Waals surface area contributed by atoms with E-state index in [4.69, 9.17) is 24.7 Å². The first-order valence-corrected chi connectivity index (χ1v) is 6.18. The molecule has 1 atom stereocenters. The number of methoxy groups -OCH3 is 4. The minimum Gasteiger partial charge on any atom is -0.496 e. The van der Waals surface area contributed by atoms with Crippen LogP contribution in [0.5, 0.6) is 17.2 Å². The summed E-state index contributed by atoms with van der Waals surface area (Å²) in [5, 5.41) is 0. The molecule has 1 aromatic carbocycles. The van der Waals surface area contributed by atoms with Crippen molar-refractivity contribution < 1.29 is 23.7 Å². The molecule has 1 rings (SSSR count). The van der Waals surface area contributed by atoms with E-state index >= 15 is 0 Å².